The summed E-state index contributed by atoms with van der Waals surface area (Å²) in [6.45, 7) is 9.03. The molecule has 354 valence electrons. The Morgan fingerprint density at radius 2 is 0.845 bits per heavy atom. The molecule has 0 radical (unpaired) electrons. The number of para-hydroxylation sites is 1. The second kappa shape index (κ2) is 17.6. The maximum Gasteiger partial charge on any atom is 0.153 e. The summed E-state index contributed by atoms with van der Waals surface area (Å²) >= 11 is 0. The van der Waals surface area contributed by atoms with Crippen molar-refractivity contribution < 1.29 is 9.90 Å². The monoisotopic (exact) mass is 932 g/mol. The number of benzene rings is 5. The molecule has 0 saturated heterocycles. The molecule has 4 heterocycles. The van der Waals surface area contributed by atoms with Crippen LogP contribution in [-0.2, 0) is 36.4 Å². The Hall–Kier alpha value is -6.65. The lowest BCUT2D eigenvalue weighted by Gasteiger charge is -2.38. The first-order valence-corrected chi connectivity index (χ1v) is 26.3. The highest BCUT2D eigenvalue weighted by atomic mass is 16.3. The SMILES string of the molecule is [2H]C([2H])(c1ccc(-c2cc3c(cn2)oc2ccccc23)cc1)C([2H])([2H])c1cc(CC(C)(C)c2ccc(-c3cc4c(cn3)C3CCC4CC3)cc2)cc(CC(C)(C)c2ccc(-c3cc4c(cn3)C3CCC4CC3)cc2)c1. The number of fused-ring (bicyclic) bond motifs is 7. The molecule has 5 aromatic carbocycles. The Morgan fingerprint density at radius 3 is 1.37 bits per heavy atom. The minimum absolute atomic E-state index is 0.265. The first-order chi connectivity index (χ1) is 36.1. The molecular weight excluding hydrogens is 863 g/mol. The second-order valence-electron chi connectivity index (χ2n) is 22.8. The van der Waals surface area contributed by atoms with E-state index >= 15 is 0 Å². The third kappa shape index (κ3) is 8.41. The fourth-order valence-corrected chi connectivity index (χ4v) is 13.2. The van der Waals surface area contributed by atoms with Crippen molar-refractivity contribution in [2.24, 2.45) is 0 Å². The molecule has 71 heavy (non-hydrogen) atoms. The molecule has 4 aromatic heterocycles. The van der Waals surface area contributed by atoms with E-state index in [1.807, 2.05) is 54.6 Å². The van der Waals surface area contributed by atoms with E-state index in [4.69, 9.17) is 19.4 Å². The van der Waals surface area contributed by atoms with Gasteiger partial charge in [-0.25, -0.2) is 0 Å². The van der Waals surface area contributed by atoms with Crippen LogP contribution >= 0.6 is 0 Å². The van der Waals surface area contributed by atoms with Crippen LogP contribution in [0.4, 0.5) is 0 Å². The van der Waals surface area contributed by atoms with Crippen LogP contribution in [0.1, 0.15) is 164 Å². The Morgan fingerprint density at radius 1 is 0.423 bits per heavy atom. The predicted molar refractivity (Wildman–Crippen MR) is 292 cm³/mol. The molecule has 0 unspecified atom stereocenters. The molecule has 4 heteroatoms. The number of hydrogen-bond acceptors (Lipinski definition) is 4. The summed E-state index contributed by atoms with van der Waals surface area (Å²) in [5, 5.41) is 1.97. The lowest BCUT2D eigenvalue weighted by Crippen LogP contribution is -2.22. The number of nitrogens with zero attached hydrogens (tertiary/aromatic N) is 3. The molecule has 6 aliphatic rings. The molecule has 0 atom stereocenters. The van der Waals surface area contributed by atoms with Crippen LogP contribution < -0.4 is 0 Å². The van der Waals surface area contributed by atoms with Gasteiger partial charge in [0.15, 0.2) is 5.58 Å². The van der Waals surface area contributed by atoms with Gasteiger partial charge in [-0.2, -0.15) is 0 Å². The third-order valence-electron chi connectivity index (χ3n) is 17.2. The van der Waals surface area contributed by atoms with Crippen molar-refractivity contribution in [3.8, 4) is 33.8 Å². The summed E-state index contributed by atoms with van der Waals surface area (Å²) in [6, 6.07) is 45.6. The number of rotatable bonds is 12. The molecule has 0 aliphatic heterocycles. The van der Waals surface area contributed by atoms with Gasteiger partial charge < -0.3 is 4.42 Å². The van der Waals surface area contributed by atoms with Crippen LogP contribution in [-0.4, -0.2) is 15.0 Å². The fourth-order valence-electron chi connectivity index (χ4n) is 13.2. The van der Waals surface area contributed by atoms with Gasteiger partial charge in [0, 0.05) is 45.3 Å². The molecule has 0 amide bonds. The number of hydrogen-bond donors (Lipinski definition) is 0. The molecule has 0 N–H and O–H groups in total. The normalized spacial score (nSPS) is 20.6. The van der Waals surface area contributed by atoms with Crippen LogP contribution in [0.25, 0.3) is 55.7 Å². The van der Waals surface area contributed by atoms with Gasteiger partial charge >= 0.3 is 0 Å². The zero-order valence-electron chi connectivity index (χ0n) is 45.6. The van der Waals surface area contributed by atoms with Crippen molar-refractivity contribution in [3.63, 3.8) is 0 Å². The Labute approximate surface area is 425 Å². The van der Waals surface area contributed by atoms with Crippen LogP contribution in [0.5, 0.6) is 0 Å². The summed E-state index contributed by atoms with van der Waals surface area (Å²) in [5.41, 5.74) is 17.6. The largest absolute Gasteiger partial charge is 0.454 e. The Balaban J connectivity index is 0.806. The van der Waals surface area contributed by atoms with E-state index in [1.165, 1.54) is 84.7 Å². The number of aryl methyl sites for hydroxylation is 2. The van der Waals surface area contributed by atoms with Gasteiger partial charge in [0.2, 0.25) is 0 Å². The van der Waals surface area contributed by atoms with Gasteiger partial charge in [-0.1, -0.05) is 137 Å². The summed E-state index contributed by atoms with van der Waals surface area (Å²) in [5.74, 6) is 2.65. The average molecular weight is 932 g/mol. The number of aromatic nitrogens is 3. The molecule has 2 saturated carbocycles. The highest BCUT2D eigenvalue weighted by Crippen LogP contribution is 2.51. The highest BCUT2D eigenvalue weighted by molar-refractivity contribution is 6.05. The summed E-state index contributed by atoms with van der Waals surface area (Å²) < 4.78 is 44.8. The van der Waals surface area contributed by atoms with Crippen molar-refractivity contribution in [1.82, 2.24) is 15.0 Å². The lowest BCUT2D eigenvalue weighted by molar-refractivity contribution is 0.358. The quantitative estimate of drug-likeness (QED) is 0.122. The second-order valence-corrected chi connectivity index (χ2v) is 22.8. The van der Waals surface area contributed by atoms with E-state index in [-0.39, 0.29) is 16.4 Å². The number of pyridine rings is 3. The predicted octanol–water partition coefficient (Wildman–Crippen LogP) is 17.1. The van der Waals surface area contributed by atoms with Gasteiger partial charge in [0.1, 0.15) is 5.58 Å². The zero-order chi connectivity index (χ0) is 51.4. The van der Waals surface area contributed by atoms with Crippen molar-refractivity contribution >= 4 is 21.9 Å². The van der Waals surface area contributed by atoms with Crippen molar-refractivity contribution in [3.05, 3.63) is 208 Å². The molecular formula is C67H65N3O. The lowest BCUT2D eigenvalue weighted by atomic mass is 9.67. The summed E-state index contributed by atoms with van der Waals surface area (Å²) in [4.78, 5) is 14.6. The van der Waals surface area contributed by atoms with Gasteiger partial charge in [0.05, 0.1) is 23.3 Å². The van der Waals surface area contributed by atoms with Crippen LogP contribution in [0, 0.1) is 0 Å². The molecule has 4 bridgehead atoms. The first-order valence-electron chi connectivity index (χ1n) is 28.3. The molecule has 9 aromatic rings. The zero-order valence-corrected chi connectivity index (χ0v) is 41.6. The Bertz CT molecular complexity index is 3490. The van der Waals surface area contributed by atoms with Gasteiger partial charge in [0.25, 0.3) is 0 Å². The van der Waals surface area contributed by atoms with Gasteiger partial charge in [-0.05, 0) is 191 Å². The molecule has 15 rings (SSSR count). The average Bonchev–Trinajstić information content (AvgIpc) is 3.81. The fraction of sp³-hybridized carbons (Fsp3) is 0.328. The van der Waals surface area contributed by atoms with Gasteiger partial charge in [-0.15, -0.1) is 0 Å². The molecule has 4 nitrogen and oxygen atoms in total. The van der Waals surface area contributed by atoms with E-state index in [1.54, 1.807) is 18.3 Å². The van der Waals surface area contributed by atoms with Crippen molar-refractivity contribution in [2.45, 2.75) is 139 Å². The summed E-state index contributed by atoms with van der Waals surface area (Å²) in [6.07, 6.45) is 12.8. The van der Waals surface area contributed by atoms with Crippen LogP contribution in [0.15, 0.2) is 156 Å². The van der Waals surface area contributed by atoms with Crippen molar-refractivity contribution in [1.29, 1.82) is 0 Å². The first kappa shape index (κ1) is 40.0. The maximum absolute atomic E-state index is 9.80. The molecule has 2 fully saturated rings. The number of furan rings is 1. The maximum atomic E-state index is 9.80. The van der Waals surface area contributed by atoms with E-state index in [2.05, 4.69) is 107 Å². The van der Waals surface area contributed by atoms with E-state index in [0.29, 0.717) is 47.7 Å². The molecule has 6 aliphatic carbocycles. The smallest absolute Gasteiger partial charge is 0.153 e. The minimum atomic E-state index is -2.40. The van der Waals surface area contributed by atoms with Crippen molar-refractivity contribution in [2.75, 3.05) is 0 Å². The van der Waals surface area contributed by atoms with Gasteiger partial charge in [-0.3, -0.25) is 15.0 Å². The Kier molecular flexibility index (Phi) is 9.91. The third-order valence-corrected chi connectivity index (χ3v) is 17.2. The topological polar surface area (TPSA) is 51.8 Å². The van der Waals surface area contributed by atoms with E-state index in [9.17, 15) is 5.48 Å². The van der Waals surface area contributed by atoms with E-state index < -0.39 is 12.7 Å². The minimum Gasteiger partial charge on any atom is -0.454 e. The molecule has 0 spiro atoms. The van der Waals surface area contributed by atoms with Crippen LogP contribution in [0.3, 0.4) is 0 Å². The van der Waals surface area contributed by atoms with Crippen LogP contribution in [0.2, 0.25) is 0 Å². The highest BCUT2D eigenvalue weighted by Gasteiger charge is 2.35. The van der Waals surface area contributed by atoms with E-state index in [0.717, 1.165) is 61.3 Å². The standard InChI is InChI=1S/C67H65N3O/c1-66(2,53-27-23-51(24-28-53)61-34-56-46-15-19-48(20-16-46)59(56)39-68-61)37-44-31-43(10-9-42-11-13-50(14-12-42)63-36-58-55-7-5-6-8-64(55)71-65(58)41-70-63)32-45(33-44)38-67(3,4)54-29-25-52(26-30-54)62-35-57-47-17-21-49(22-18-47)60(57)40-69-62/h5-8,11-14,23-36,39-41,46-49H,9-10,15-22,37-38H2,1-4H3/i9D2,10D2. The summed E-state index contributed by atoms with van der Waals surface area (Å²) in [7, 11) is 0.